The number of fused-ring (bicyclic) bond motifs is 2. The van der Waals surface area contributed by atoms with Crippen molar-refractivity contribution in [2.75, 3.05) is 33.7 Å². The van der Waals surface area contributed by atoms with Crippen LogP contribution < -0.4 is 5.32 Å². The standard InChI is InChI=1S/C17H31N3O.2ClH/c1-19(2)12-13-5-7-20(8-6-13)17(21)11-14-9-15-3-4-16(10-14)18-15;;/h13-16,18H,3-12H2,1-2H3;2*1H. The third-order valence-electron chi connectivity index (χ3n) is 5.62. The maximum atomic E-state index is 12.5. The third-order valence-corrected chi connectivity index (χ3v) is 5.62. The largest absolute Gasteiger partial charge is 0.343 e. The fourth-order valence-corrected chi connectivity index (χ4v) is 4.60. The van der Waals surface area contributed by atoms with Crippen LogP contribution in [0.15, 0.2) is 0 Å². The van der Waals surface area contributed by atoms with Crippen LogP contribution in [0.5, 0.6) is 0 Å². The maximum Gasteiger partial charge on any atom is 0.222 e. The Hall–Kier alpha value is -0.0300. The number of carbonyl (C=O) groups is 1. The fourth-order valence-electron chi connectivity index (χ4n) is 4.60. The lowest BCUT2D eigenvalue weighted by atomic mass is 9.88. The molecule has 3 rings (SSSR count). The number of likely N-dealkylation sites (tertiary alicyclic amines) is 1. The van der Waals surface area contributed by atoms with Crippen LogP contribution in [0.3, 0.4) is 0 Å². The summed E-state index contributed by atoms with van der Waals surface area (Å²) in [6.07, 6.45) is 8.26. The lowest BCUT2D eigenvalue weighted by molar-refractivity contribution is -0.133. The Morgan fingerprint density at radius 1 is 1.00 bits per heavy atom. The van der Waals surface area contributed by atoms with E-state index in [0.29, 0.717) is 23.9 Å². The highest BCUT2D eigenvalue weighted by atomic mass is 35.5. The number of piperidine rings is 2. The molecule has 6 heteroatoms. The Morgan fingerprint density at radius 2 is 1.57 bits per heavy atom. The summed E-state index contributed by atoms with van der Waals surface area (Å²) in [6, 6.07) is 1.40. The van der Waals surface area contributed by atoms with E-state index in [-0.39, 0.29) is 24.8 Å². The monoisotopic (exact) mass is 365 g/mol. The highest BCUT2D eigenvalue weighted by molar-refractivity contribution is 5.85. The van der Waals surface area contributed by atoms with E-state index >= 15 is 0 Å². The van der Waals surface area contributed by atoms with Crippen molar-refractivity contribution in [1.82, 2.24) is 15.1 Å². The highest BCUT2D eigenvalue weighted by Gasteiger charge is 2.35. The smallest absolute Gasteiger partial charge is 0.222 e. The number of amides is 1. The number of hydrogen-bond donors (Lipinski definition) is 1. The van der Waals surface area contributed by atoms with Gasteiger partial charge in [0.15, 0.2) is 0 Å². The summed E-state index contributed by atoms with van der Waals surface area (Å²) in [4.78, 5) is 16.9. The van der Waals surface area contributed by atoms with Crippen molar-refractivity contribution >= 4 is 30.7 Å². The van der Waals surface area contributed by atoms with Crippen molar-refractivity contribution in [2.45, 2.75) is 57.0 Å². The molecular formula is C17H33Cl2N3O. The lowest BCUT2D eigenvalue weighted by Gasteiger charge is -2.35. The number of nitrogens with one attached hydrogen (secondary N) is 1. The van der Waals surface area contributed by atoms with Gasteiger partial charge < -0.3 is 15.1 Å². The van der Waals surface area contributed by atoms with Crippen LogP contribution in [0.4, 0.5) is 0 Å². The predicted octanol–water partition coefficient (Wildman–Crippen LogP) is 2.55. The van der Waals surface area contributed by atoms with Gasteiger partial charge in [0, 0.05) is 38.1 Å². The van der Waals surface area contributed by atoms with Gasteiger partial charge in [-0.15, -0.1) is 24.8 Å². The first-order chi connectivity index (χ1) is 10.1. The second kappa shape index (κ2) is 9.45. The molecule has 1 N–H and O–H groups in total. The van der Waals surface area contributed by atoms with Crippen LogP contribution in [0.2, 0.25) is 0 Å². The van der Waals surface area contributed by atoms with E-state index in [4.69, 9.17) is 0 Å². The Balaban J connectivity index is 0.00000132. The van der Waals surface area contributed by atoms with E-state index in [2.05, 4.69) is 29.2 Å². The van der Waals surface area contributed by atoms with E-state index in [1.54, 1.807) is 0 Å². The van der Waals surface area contributed by atoms with Crippen molar-refractivity contribution in [2.24, 2.45) is 11.8 Å². The average molecular weight is 366 g/mol. The topological polar surface area (TPSA) is 35.6 Å². The molecule has 3 saturated heterocycles. The van der Waals surface area contributed by atoms with Gasteiger partial charge in [-0.1, -0.05) is 0 Å². The molecule has 0 spiro atoms. The summed E-state index contributed by atoms with van der Waals surface area (Å²) < 4.78 is 0. The molecular weight excluding hydrogens is 333 g/mol. The van der Waals surface area contributed by atoms with E-state index in [1.807, 2.05) is 0 Å². The Kier molecular flexibility index (Phi) is 8.64. The minimum atomic E-state index is 0. The molecule has 2 unspecified atom stereocenters. The molecule has 136 valence electrons. The molecule has 1 amide bonds. The van der Waals surface area contributed by atoms with Crippen LogP contribution in [-0.4, -0.2) is 61.5 Å². The Morgan fingerprint density at radius 3 is 2.09 bits per heavy atom. The number of hydrogen-bond acceptors (Lipinski definition) is 3. The minimum absolute atomic E-state index is 0. The molecule has 0 saturated carbocycles. The molecule has 0 radical (unpaired) electrons. The molecule has 0 aromatic carbocycles. The SMILES string of the molecule is CN(C)CC1CCN(C(=O)CC2CC3CCC(C2)N3)CC1.Cl.Cl. The van der Waals surface area contributed by atoms with Gasteiger partial charge >= 0.3 is 0 Å². The van der Waals surface area contributed by atoms with Crippen molar-refractivity contribution in [3.05, 3.63) is 0 Å². The quantitative estimate of drug-likeness (QED) is 0.831. The van der Waals surface area contributed by atoms with Crippen LogP contribution in [0, 0.1) is 11.8 Å². The molecule has 2 bridgehead atoms. The first-order valence-corrected chi connectivity index (χ1v) is 8.78. The first kappa shape index (κ1) is 21.0. The van der Waals surface area contributed by atoms with Gasteiger partial charge in [0.05, 0.1) is 0 Å². The van der Waals surface area contributed by atoms with Crippen LogP contribution in [0.1, 0.15) is 44.9 Å². The fraction of sp³-hybridized carbons (Fsp3) is 0.941. The molecule has 2 atom stereocenters. The molecule has 23 heavy (non-hydrogen) atoms. The minimum Gasteiger partial charge on any atom is -0.343 e. The molecule has 3 aliphatic rings. The van der Waals surface area contributed by atoms with Crippen molar-refractivity contribution < 1.29 is 4.79 Å². The lowest BCUT2D eigenvalue weighted by Crippen LogP contribution is -2.43. The van der Waals surface area contributed by atoms with Crippen molar-refractivity contribution in [3.63, 3.8) is 0 Å². The Labute approximate surface area is 153 Å². The van der Waals surface area contributed by atoms with E-state index in [0.717, 1.165) is 25.4 Å². The van der Waals surface area contributed by atoms with E-state index in [9.17, 15) is 4.79 Å². The number of halogens is 2. The van der Waals surface area contributed by atoms with Crippen molar-refractivity contribution in [3.8, 4) is 0 Å². The number of carbonyl (C=O) groups excluding carboxylic acids is 1. The molecule has 0 aliphatic carbocycles. The van der Waals surface area contributed by atoms with Gasteiger partial charge in [-0.2, -0.15) is 0 Å². The zero-order valence-electron chi connectivity index (χ0n) is 14.5. The summed E-state index contributed by atoms with van der Waals surface area (Å²) in [7, 11) is 4.28. The van der Waals surface area contributed by atoms with Crippen molar-refractivity contribution in [1.29, 1.82) is 0 Å². The zero-order valence-corrected chi connectivity index (χ0v) is 16.1. The van der Waals surface area contributed by atoms with Crippen LogP contribution in [-0.2, 0) is 4.79 Å². The molecule has 0 aromatic heterocycles. The van der Waals surface area contributed by atoms with E-state index in [1.165, 1.54) is 45.1 Å². The van der Waals surface area contributed by atoms with Gasteiger partial charge in [-0.05, 0) is 64.5 Å². The summed E-state index contributed by atoms with van der Waals surface area (Å²) >= 11 is 0. The summed E-state index contributed by atoms with van der Waals surface area (Å²) in [5.74, 6) is 1.83. The van der Waals surface area contributed by atoms with Gasteiger partial charge in [-0.3, -0.25) is 4.79 Å². The molecule has 3 aliphatic heterocycles. The predicted molar refractivity (Wildman–Crippen MR) is 99.6 cm³/mol. The van der Waals surface area contributed by atoms with Crippen LogP contribution >= 0.6 is 24.8 Å². The number of nitrogens with zero attached hydrogens (tertiary/aromatic N) is 2. The van der Waals surface area contributed by atoms with Gasteiger partial charge in [0.1, 0.15) is 0 Å². The molecule has 3 heterocycles. The average Bonchev–Trinajstić information content (AvgIpc) is 2.78. The second-order valence-corrected chi connectivity index (χ2v) is 7.77. The maximum absolute atomic E-state index is 12.5. The van der Waals surface area contributed by atoms with Gasteiger partial charge in [0.25, 0.3) is 0 Å². The zero-order chi connectivity index (χ0) is 14.8. The van der Waals surface area contributed by atoms with E-state index < -0.39 is 0 Å². The second-order valence-electron chi connectivity index (χ2n) is 7.77. The first-order valence-electron chi connectivity index (χ1n) is 8.78. The number of rotatable bonds is 4. The highest BCUT2D eigenvalue weighted by Crippen LogP contribution is 2.33. The Bertz CT molecular complexity index is 361. The molecule has 3 fully saturated rings. The summed E-state index contributed by atoms with van der Waals surface area (Å²) in [5, 5.41) is 3.67. The normalized spacial score (nSPS) is 30.7. The molecule has 4 nitrogen and oxygen atoms in total. The molecule has 0 aromatic rings. The summed E-state index contributed by atoms with van der Waals surface area (Å²) in [6.45, 7) is 3.13. The third kappa shape index (κ3) is 5.77. The van der Waals surface area contributed by atoms with Gasteiger partial charge in [-0.25, -0.2) is 0 Å². The van der Waals surface area contributed by atoms with Gasteiger partial charge in [0.2, 0.25) is 5.91 Å². The summed E-state index contributed by atoms with van der Waals surface area (Å²) in [5.41, 5.74) is 0. The van der Waals surface area contributed by atoms with Crippen LogP contribution in [0.25, 0.3) is 0 Å².